The van der Waals surface area contributed by atoms with Gasteiger partial charge >= 0.3 is 0 Å². The van der Waals surface area contributed by atoms with Crippen molar-refractivity contribution in [2.75, 3.05) is 13.7 Å². The average molecular weight is 341 g/mol. The number of nitrogens with one attached hydrogen (secondary N) is 2. The highest BCUT2D eigenvalue weighted by Gasteiger charge is 2.27. The lowest BCUT2D eigenvalue weighted by molar-refractivity contribution is 0.0330. The van der Waals surface area contributed by atoms with E-state index in [2.05, 4.69) is 15.5 Å². The van der Waals surface area contributed by atoms with E-state index in [1.54, 1.807) is 38.3 Å². The van der Waals surface area contributed by atoms with E-state index in [0.29, 0.717) is 17.0 Å². The lowest BCUT2D eigenvalue weighted by atomic mass is 10.0. The van der Waals surface area contributed by atoms with Gasteiger partial charge in [0.05, 0.1) is 37.4 Å². The van der Waals surface area contributed by atoms with Crippen LogP contribution in [-0.2, 0) is 5.60 Å². The maximum Gasteiger partial charge on any atom is 0.255 e. The Morgan fingerprint density at radius 3 is 2.76 bits per heavy atom. The lowest BCUT2D eigenvalue weighted by Crippen LogP contribution is -2.38. The van der Waals surface area contributed by atoms with Gasteiger partial charge in [0.2, 0.25) is 0 Å². The Morgan fingerprint density at radius 1 is 1.36 bits per heavy atom. The molecular formula is C18H19N3O4. The van der Waals surface area contributed by atoms with Crippen LogP contribution in [0.1, 0.15) is 23.0 Å². The van der Waals surface area contributed by atoms with E-state index in [-0.39, 0.29) is 12.5 Å². The highest BCUT2D eigenvalue weighted by molar-refractivity contribution is 5.99. The summed E-state index contributed by atoms with van der Waals surface area (Å²) in [5, 5.41) is 19.9. The number of carbonyl (C=O) groups is 1. The van der Waals surface area contributed by atoms with Crippen molar-refractivity contribution in [3.63, 3.8) is 0 Å². The monoisotopic (exact) mass is 341 g/mol. The van der Waals surface area contributed by atoms with Crippen molar-refractivity contribution < 1.29 is 19.1 Å². The molecule has 0 saturated heterocycles. The van der Waals surface area contributed by atoms with Crippen LogP contribution < -0.4 is 10.1 Å². The Kier molecular flexibility index (Phi) is 4.58. The number of amides is 1. The molecule has 0 aliphatic carbocycles. The molecule has 3 aromatic rings. The van der Waals surface area contributed by atoms with E-state index in [1.165, 1.54) is 12.5 Å². The molecule has 1 atom stereocenters. The van der Waals surface area contributed by atoms with Crippen LogP contribution in [0.5, 0.6) is 5.75 Å². The SMILES string of the molecule is COc1ccc(-c2[nH]ncc2C(=O)NCC(C)(O)c2ccco2)cc1. The summed E-state index contributed by atoms with van der Waals surface area (Å²) in [6.45, 7) is 1.58. The Labute approximate surface area is 144 Å². The fourth-order valence-electron chi connectivity index (χ4n) is 2.46. The maximum atomic E-state index is 12.5. The van der Waals surface area contributed by atoms with Gasteiger partial charge in [-0.15, -0.1) is 0 Å². The molecule has 0 bridgehead atoms. The van der Waals surface area contributed by atoms with Crippen LogP contribution in [0.25, 0.3) is 11.3 Å². The quantitative estimate of drug-likeness (QED) is 0.639. The molecule has 0 aliphatic heterocycles. The molecule has 1 aromatic carbocycles. The summed E-state index contributed by atoms with van der Waals surface area (Å²) in [4.78, 5) is 12.5. The average Bonchev–Trinajstić information content (AvgIpc) is 3.31. The van der Waals surface area contributed by atoms with Gasteiger partial charge in [0.1, 0.15) is 17.1 Å². The van der Waals surface area contributed by atoms with Crippen molar-refractivity contribution >= 4 is 5.91 Å². The number of ether oxygens (including phenoxy) is 1. The Bertz CT molecular complexity index is 836. The van der Waals surface area contributed by atoms with Gasteiger partial charge < -0.3 is 19.6 Å². The first-order valence-corrected chi connectivity index (χ1v) is 7.73. The molecule has 3 N–H and O–H groups in total. The number of H-pyrrole nitrogens is 1. The highest BCUT2D eigenvalue weighted by Crippen LogP contribution is 2.24. The minimum Gasteiger partial charge on any atom is -0.497 e. The number of aromatic nitrogens is 2. The molecule has 3 rings (SSSR count). The van der Waals surface area contributed by atoms with Gasteiger partial charge in [-0.3, -0.25) is 9.89 Å². The van der Waals surface area contributed by atoms with Crippen LogP contribution in [0.15, 0.2) is 53.3 Å². The van der Waals surface area contributed by atoms with Crippen molar-refractivity contribution in [1.29, 1.82) is 0 Å². The summed E-state index contributed by atoms with van der Waals surface area (Å²) in [7, 11) is 1.59. The van der Waals surface area contributed by atoms with Gasteiger partial charge in [-0.25, -0.2) is 0 Å². The van der Waals surface area contributed by atoms with Crippen molar-refractivity contribution in [1.82, 2.24) is 15.5 Å². The van der Waals surface area contributed by atoms with E-state index in [1.807, 2.05) is 12.1 Å². The normalized spacial score (nSPS) is 13.2. The van der Waals surface area contributed by atoms with Crippen molar-refractivity contribution in [3.05, 3.63) is 60.2 Å². The van der Waals surface area contributed by atoms with Gasteiger partial charge in [-0.05, 0) is 43.3 Å². The third kappa shape index (κ3) is 3.56. The van der Waals surface area contributed by atoms with Crippen molar-refractivity contribution in [3.8, 4) is 17.0 Å². The van der Waals surface area contributed by atoms with Gasteiger partial charge in [0.25, 0.3) is 5.91 Å². The number of hydrogen-bond donors (Lipinski definition) is 3. The molecule has 0 aliphatic rings. The summed E-state index contributed by atoms with van der Waals surface area (Å²) in [6, 6.07) is 10.6. The predicted octanol–water partition coefficient (Wildman–Crippen LogP) is 2.32. The van der Waals surface area contributed by atoms with E-state index in [0.717, 1.165) is 11.3 Å². The second-order valence-corrected chi connectivity index (χ2v) is 5.82. The van der Waals surface area contributed by atoms with E-state index >= 15 is 0 Å². The van der Waals surface area contributed by atoms with Gasteiger partial charge in [0, 0.05) is 5.56 Å². The minimum atomic E-state index is -1.30. The summed E-state index contributed by atoms with van der Waals surface area (Å²) >= 11 is 0. The Balaban J connectivity index is 1.74. The van der Waals surface area contributed by atoms with Gasteiger partial charge in [-0.1, -0.05) is 0 Å². The largest absolute Gasteiger partial charge is 0.497 e. The number of aliphatic hydroxyl groups is 1. The molecule has 0 fully saturated rings. The zero-order chi connectivity index (χ0) is 17.9. The van der Waals surface area contributed by atoms with Crippen LogP contribution >= 0.6 is 0 Å². The van der Waals surface area contributed by atoms with Crippen LogP contribution in [-0.4, -0.2) is 34.9 Å². The molecule has 7 heteroatoms. The maximum absolute atomic E-state index is 12.5. The number of nitrogens with zero attached hydrogens (tertiary/aromatic N) is 1. The first-order chi connectivity index (χ1) is 12.0. The van der Waals surface area contributed by atoms with Crippen LogP contribution in [0, 0.1) is 0 Å². The second-order valence-electron chi connectivity index (χ2n) is 5.82. The second kappa shape index (κ2) is 6.82. The van der Waals surface area contributed by atoms with E-state index in [4.69, 9.17) is 9.15 Å². The standard InChI is InChI=1S/C18H19N3O4/c1-18(23,15-4-3-9-25-15)11-19-17(22)14-10-20-21-16(14)12-5-7-13(24-2)8-6-12/h3-10,23H,11H2,1-2H3,(H,19,22)(H,20,21). The molecule has 7 nitrogen and oxygen atoms in total. The third-order valence-corrected chi connectivity index (χ3v) is 3.91. The molecule has 1 unspecified atom stereocenters. The highest BCUT2D eigenvalue weighted by atomic mass is 16.5. The van der Waals surface area contributed by atoms with E-state index in [9.17, 15) is 9.90 Å². The summed E-state index contributed by atoms with van der Waals surface area (Å²) < 4.78 is 10.3. The summed E-state index contributed by atoms with van der Waals surface area (Å²) in [6.07, 6.45) is 2.93. The smallest absolute Gasteiger partial charge is 0.255 e. The number of carbonyl (C=O) groups excluding carboxylic acids is 1. The van der Waals surface area contributed by atoms with Crippen molar-refractivity contribution in [2.45, 2.75) is 12.5 Å². The zero-order valence-electron chi connectivity index (χ0n) is 13.9. The Hall–Kier alpha value is -3.06. The zero-order valence-corrected chi connectivity index (χ0v) is 13.9. The first kappa shape index (κ1) is 16.8. The summed E-state index contributed by atoms with van der Waals surface area (Å²) in [5.74, 6) is 0.769. The molecule has 1 amide bonds. The molecular weight excluding hydrogens is 322 g/mol. The molecule has 0 spiro atoms. The van der Waals surface area contributed by atoms with Gasteiger partial charge in [0.15, 0.2) is 0 Å². The first-order valence-electron chi connectivity index (χ1n) is 7.73. The third-order valence-electron chi connectivity index (χ3n) is 3.91. The molecule has 2 aromatic heterocycles. The number of hydrogen-bond acceptors (Lipinski definition) is 5. The number of aromatic amines is 1. The molecule has 130 valence electrons. The molecule has 25 heavy (non-hydrogen) atoms. The van der Waals surface area contributed by atoms with Crippen molar-refractivity contribution in [2.24, 2.45) is 0 Å². The number of furan rings is 1. The van der Waals surface area contributed by atoms with Gasteiger partial charge in [-0.2, -0.15) is 5.10 Å². The Morgan fingerprint density at radius 2 is 2.12 bits per heavy atom. The summed E-state index contributed by atoms with van der Waals surface area (Å²) in [5.41, 5.74) is 0.489. The van der Waals surface area contributed by atoms with E-state index < -0.39 is 5.60 Å². The van der Waals surface area contributed by atoms with Crippen LogP contribution in [0.3, 0.4) is 0 Å². The number of benzene rings is 1. The van der Waals surface area contributed by atoms with Crippen LogP contribution in [0.4, 0.5) is 0 Å². The minimum absolute atomic E-state index is 0.00653. The van der Waals surface area contributed by atoms with Crippen LogP contribution in [0.2, 0.25) is 0 Å². The molecule has 0 saturated carbocycles. The number of methoxy groups -OCH3 is 1. The topological polar surface area (TPSA) is 100 Å². The lowest BCUT2D eigenvalue weighted by Gasteiger charge is -2.21. The fourth-order valence-corrected chi connectivity index (χ4v) is 2.46. The fraction of sp³-hybridized carbons (Fsp3) is 0.222. The predicted molar refractivity (Wildman–Crippen MR) is 91.2 cm³/mol. The molecule has 0 radical (unpaired) electrons. The number of rotatable bonds is 6. The molecule has 2 heterocycles.